The third-order valence-electron chi connectivity index (χ3n) is 4.50. The summed E-state index contributed by atoms with van der Waals surface area (Å²) in [6.45, 7) is 0. The summed E-state index contributed by atoms with van der Waals surface area (Å²) in [4.78, 5) is 13.3. The second-order valence-electron chi connectivity index (χ2n) is 6.45. The summed E-state index contributed by atoms with van der Waals surface area (Å²) >= 11 is 0. The highest BCUT2D eigenvalue weighted by atomic mass is 19.3. The number of ether oxygens (including phenoxy) is 3. The zero-order valence-electron chi connectivity index (χ0n) is 15.6. The van der Waals surface area contributed by atoms with E-state index >= 15 is 0 Å². The molecular formula is C21H14F2N4O3. The lowest BCUT2D eigenvalue weighted by atomic mass is 10.2. The Balaban J connectivity index is 1.66. The largest absolute Gasteiger partial charge is 0.586 e. The third kappa shape index (κ3) is 3.20. The molecular weight excluding hydrogens is 394 g/mol. The Morgan fingerprint density at radius 2 is 1.93 bits per heavy atom. The number of methoxy groups -OCH3 is 1. The van der Waals surface area contributed by atoms with Crippen LogP contribution in [0.25, 0.3) is 22.3 Å². The lowest BCUT2D eigenvalue weighted by molar-refractivity contribution is -0.286. The number of aromatic nitrogens is 3. The van der Waals surface area contributed by atoms with E-state index in [1.165, 1.54) is 6.07 Å². The van der Waals surface area contributed by atoms with Crippen molar-refractivity contribution in [3.63, 3.8) is 0 Å². The summed E-state index contributed by atoms with van der Waals surface area (Å²) in [5.41, 5.74) is 1.63. The van der Waals surface area contributed by atoms with E-state index in [2.05, 4.69) is 29.7 Å². The van der Waals surface area contributed by atoms with E-state index < -0.39 is 6.29 Å². The quantitative estimate of drug-likeness (QED) is 0.521. The van der Waals surface area contributed by atoms with Crippen LogP contribution >= 0.6 is 0 Å². The molecule has 7 nitrogen and oxygen atoms in total. The Bertz CT molecular complexity index is 1250. The van der Waals surface area contributed by atoms with Gasteiger partial charge in [-0.2, -0.15) is 0 Å². The molecule has 4 aromatic rings. The Labute approximate surface area is 169 Å². The van der Waals surface area contributed by atoms with Crippen LogP contribution in [-0.2, 0) is 0 Å². The van der Waals surface area contributed by atoms with Crippen molar-refractivity contribution in [2.45, 2.75) is 6.29 Å². The highest BCUT2D eigenvalue weighted by molar-refractivity contribution is 5.94. The minimum absolute atomic E-state index is 0.0616. The van der Waals surface area contributed by atoms with Gasteiger partial charge in [0.05, 0.1) is 18.3 Å². The molecule has 0 saturated heterocycles. The van der Waals surface area contributed by atoms with Gasteiger partial charge in [0.2, 0.25) is 0 Å². The Hall–Kier alpha value is -4.01. The van der Waals surface area contributed by atoms with Crippen molar-refractivity contribution in [1.82, 2.24) is 15.0 Å². The predicted octanol–water partition coefficient (Wildman–Crippen LogP) is 4.77. The van der Waals surface area contributed by atoms with Crippen LogP contribution in [0.15, 0.2) is 60.9 Å². The summed E-state index contributed by atoms with van der Waals surface area (Å²) < 4.78 is 41.7. The fourth-order valence-electron chi connectivity index (χ4n) is 3.15. The van der Waals surface area contributed by atoms with Crippen LogP contribution in [0.5, 0.6) is 17.2 Å². The summed E-state index contributed by atoms with van der Waals surface area (Å²) in [7, 11) is 1.55. The number of nitrogens with one attached hydrogen (secondary N) is 1. The van der Waals surface area contributed by atoms with Gasteiger partial charge in [-0.3, -0.25) is 4.98 Å². The number of anilines is 2. The molecule has 0 aliphatic carbocycles. The summed E-state index contributed by atoms with van der Waals surface area (Å²) in [6, 6.07) is 13.5. The molecule has 150 valence electrons. The molecule has 30 heavy (non-hydrogen) atoms. The first-order chi connectivity index (χ1) is 14.5. The number of rotatable bonds is 4. The molecule has 0 unspecified atom stereocenters. The first-order valence-corrected chi connectivity index (χ1v) is 8.94. The summed E-state index contributed by atoms with van der Waals surface area (Å²) in [5, 5.41) is 3.72. The van der Waals surface area contributed by atoms with Gasteiger partial charge >= 0.3 is 6.29 Å². The van der Waals surface area contributed by atoms with Crippen LogP contribution in [0.1, 0.15) is 0 Å². The number of benzene rings is 2. The van der Waals surface area contributed by atoms with Gasteiger partial charge in [0.1, 0.15) is 11.6 Å². The topological polar surface area (TPSA) is 78.4 Å². The van der Waals surface area contributed by atoms with Crippen molar-refractivity contribution < 1.29 is 23.0 Å². The lowest BCUT2D eigenvalue weighted by Gasteiger charge is -2.13. The minimum Gasteiger partial charge on any atom is -0.497 e. The van der Waals surface area contributed by atoms with Crippen molar-refractivity contribution >= 4 is 22.4 Å². The fraction of sp³-hybridized carbons (Fsp3) is 0.0952. The second-order valence-corrected chi connectivity index (χ2v) is 6.45. The van der Waals surface area contributed by atoms with Crippen LogP contribution in [0.4, 0.5) is 20.3 Å². The number of alkyl halides is 2. The van der Waals surface area contributed by atoms with Gasteiger partial charge < -0.3 is 19.5 Å². The van der Waals surface area contributed by atoms with Crippen molar-refractivity contribution in [1.29, 1.82) is 0 Å². The standard InChI is InChI=1S/C21H14F2N4O3/c1-28-13-7-8-15-14(10-13)20(27-19(25-15)12-4-3-9-24-11-12)26-16-5-2-6-17-18(16)30-21(22,23)29-17/h2-11H,1H3,(H,25,26,27). The fourth-order valence-corrected chi connectivity index (χ4v) is 3.15. The first kappa shape index (κ1) is 18.0. The molecule has 2 aromatic carbocycles. The van der Waals surface area contributed by atoms with Gasteiger partial charge in [0.25, 0.3) is 0 Å². The van der Waals surface area contributed by atoms with E-state index in [1.54, 1.807) is 55.9 Å². The van der Waals surface area contributed by atoms with Gasteiger partial charge in [0.15, 0.2) is 17.3 Å². The van der Waals surface area contributed by atoms with Crippen LogP contribution < -0.4 is 19.5 Å². The molecule has 1 aliphatic rings. The minimum atomic E-state index is -3.72. The van der Waals surface area contributed by atoms with E-state index in [0.717, 1.165) is 0 Å². The van der Waals surface area contributed by atoms with Gasteiger partial charge in [-0.15, -0.1) is 8.78 Å². The maximum absolute atomic E-state index is 13.6. The van der Waals surface area contributed by atoms with E-state index in [9.17, 15) is 8.78 Å². The molecule has 1 N–H and O–H groups in total. The maximum Gasteiger partial charge on any atom is 0.586 e. The molecule has 0 atom stereocenters. The van der Waals surface area contributed by atoms with Crippen LogP contribution in [-0.4, -0.2) is 28.4 Å². The van der Waals surface area contributed by atoms with Gasteiger partial charge in [0, 0.05) is 23.3 Å². The Morgan fingerprint density at radius 1 is 1.03 bits per heavy atom. The molecule has 5 rings (SSSR count). The second kappa shape index (κ2) is 6.80. The predicted molar refractivity (Wildman–Crippen MR) is 105 cm³/mol. The average Bonchev–Trinajstić information content (AvgIpc) is 3.09. The summed E-state index contributed by atoms with van der Waals surface area (Å²) in [6.07, 6.45) is -0.427. The SMILES string of the molecule is COc1ccc2nc(-c3cccnc3)nc(Nc3cccc4c3OC(F)(F)O4)c2c1. The zero-order chi connectivity index (χ0) is 20.7. The van der Waals surface area contributed by atoms with Crippen molar-refractivity contribution in [3.8, 4) is 28.6 Å². The molecule has 1 aliphatic heterocycles. The number of hydrogen-bond acceptors (Lipinski definition) is 7. The molecule has 0 bridgehead atoms. The van der Waals surface area contributed by atoms with E-state index in [-0.39, 0.29) is 17.2 Å². The van der Waals surface area contributed by atoms with E-state index in [4.69, 9.17) is 4.74 Å². The monoisotopic (exact) mass is 408 g/mol. The smallest absolute Gasteiger partial charge is 0.497 e. The maximum atomic E-state index is 13.6. The van der Waals surface area contributed by atoms with Crippen molar-refractivity contribution in [3.05, 3.63) is 60.9 Å². The molecule has 0 fully saturated rings. The van der Waals surface area contributed by atoms with Gasteiger partial charge in [-0.1, -0.05) is 6.07 Å². The highest BCUT2D eigenvalue weighted by Gasteiger charge is 2.44. The van der Waals surface area contributed by atoms with Gasteiger partial charge in [-0.25, -0.2) is 9.97 Å². The normalized spacial score (nSPS) is 14.0. The van der Waals surface area contributed by atoms with Gasteiger partial charge in [-0.05, 0) is 42.5 Å². The van der Waals surface area contributed by atoms with Crippen molar-refractivity contribution in [2.24, 2.45) is 0 Å². The van der Waals surface area contributed by atoms with Crippen molar-refractivity contribution in [2.75, 3.05) is 12.4 Å². The number of hydrogen-bond donors (Lipinski definition) is 1. The Kier molecular flexibility index (Phi) is 4.09. The first-order valence-electron chi connectivity index (χ1n) is 8.94. The Morgan fingerprint density at radius 3 is 2.73 bits per heavy atom. The number of fused-ring (bicyclic) bond motifs is 2. The number of nitrogens with zero attached hydrogens (tertiary/aromatic N) is 3. The molecule has 0 saturated carbocycles. The van der Waals surface area contributed by atoms with Crippen LogP contribution in [0.3, 0.4) is 0 Å². The molecule has 0 radical (unpaired) electrons. The molecule has 2 aromatic heterocycles. The highest BCUT2D eigenvalue weighted by Crippen LogP contribution is 2.46. The molecule has 3 heterocycles. The van der Waals surface area contributed by atoms with E-state index in [0.29, 0.717) is 33.9 Å². The molecule has 0 spiro atoms. The average molecular weight is 408 g/mol. The number of pyridine rings is 1. The number of para-hydroxylation sites is 1. The van der Waals surface area contributed by atoms with E-state index in [1.807, 2.05) is 6.07 Å². The molecule has 0 amide bonds. The summed E-state index contributed by atoms with van der Waals surface area (Å²) in [5.74, 6) is 1.27. The molecule has 9 heteroatoms. The lowest BCUT2D eigenvalue weighted by Crippen LogP contribution is -2.26. The zero-order valence-corrected chi connectivity index (χ0v) is 15.6. The third-order valence-corrected chi connectivity index (χ3v) is 4.50. The van der Waals surface area contributed by atoms with Crippen LogP contribution in [0, 0.1) is 0 Å². The van der Waals surface area contributed by atoms with Crippen LogP contribution in [0.2, 0.25) is 0 Å². The number of halogens is 2.